The van der Waals surface area contributed by atoms with Crippen LogP contribution in [0.4, 0.5) is 0 Å². The van der Waals surface area contributed by atoms with Crippen molar-refractivity contribution >= 4 is 5.91 Å². The third-order valence-corrected chi connectivity index (χ3v) is 1.74. The molecule has 1 amide bonds. The summed E-state index contributed by atoms with van der Waals surface area (Å²) in [5, 5.41) is 2.73. The highest BCUT2D eigenvalue weighted by Gasteiger charge is 2.07. The van der Waals surface area contributed by atoms with Gasteiger partial charge in [-0.3, -0.25) is 4.79 Å². The normalized spacial score (nSPS) is 12.5. The molecule has 0 bridgehead atoms. The summed E-state index contributed by atoms with van der Waals surface area (Å²) in [5.41, 5.74) is 5.70. The fourth-order valence-electron chi connectivity index (χ4n) is 1.08. The Morgan fingerprint density at radius 1 is 1.62 bits per heavy atom. The molecule has 0 aromatic heterocycles. The SMILES string of the molecule is CCCC(N)CC(=O)NCCOC. The molecule has 0 aromatic carbocycles. The van der Waals surface area contributed by atoms with E-state index in [4.69, 9.17) is 10.5 Å². The lowest BCUT2D eigenvalue weighted by atomic mass is 10.1. The van der Waals surface area contributed by atoms with Gasteiger partial charge < -0.3 is 15.8 Å². The number of carbonyl (C=O) groups excluding carboxylic acids is 1. The Morgan fingerprint density at radius 3 is 2.85 bits per heavy atom. The zero-order chi connectivity index (χ0) is 10.1. The maximum Gasteiger partial charge on any atom is 0.221 e. The average Bonchev–Trinajstić information content (AvgIpc) is 2.05. The van der Waals surface area contributed by atoms with E-state index in [0.29, 0.717) is 19.6 Å². The number of methoxy groups -OCH3 is 1. The van der Waals surface area contributed by atoms with E-state index >= 15 is 0 Å². The predicted octanol–water partition coefficient (Wildman–Crippen LogP) is 0.267. The molecule has 0 heterocycles. The summed E-state index contributed by atoms with van der Waals surface area (Å²) in [5.74, 6) is 0.0120. The van der Waals surface area contributed by atoms with Gasteiger partial charge in [0.25, 0.3) is 0 Å². The summed E-state index contributed by atoms with van der Waals surface area (Å²) in [6, 6.07) is -0.00690. The van der Waals surface area contributed by atoms with Gasteiger partial charge in [-0.25, -0.2) is 0 Å². The molecule has 0 aromatic rings. The fourth-order valence-corrected chi connectivity index (χ4v) is 1.08. The fraction of sp³-hybridized carbons (Fsp3) is 0.889. The first-order valence-electron chi connectivity index (χ1n) is 4.72. The van der Waals surface area contributed by atoms with E-state index in [1.807, 2.05) is 0 Å². The highest BCUT2D eigenvalue weighted by Crippen LogP contribution is 1.97. The molecular weight excluding hydrogens is 168 g/mol. The lowest BCUT2D eigenvalue weighted by Crippen LogP contribution is -2.33. The molecular formula is C9H20N2O2. The standard InChI is InChI=1S/C9H20N2O2/c1-3-4-8(10)7-9(12)11-5-6-13-2/h8H,3-7,10H2,1-2H3,(H,11,12). The van der Waals surface area contributed by atoms with Crippen molar-refractivity contribution in [1.82, 2.24) is 5.32 Å². The Kier molecular flexibility index (Phi) is 7.63. The van der Waals surface area contributed by atoms with Crippen LogP contribution < -0.4 is 11.1 Å². The first kappa shape index (κ1) is 12.4. The van der Waals surface area contributed by atoms with Gasteiger partial charge in [0.1, 0.15) is 0 Å². The number of hydrogen-bond acceptors (Lipinski definition) is 3. The molecule has 0 fully saturated rings. The first-order valence-corrected chi connectivity index (χ1v) is 4.72. The van der Waals surface area contributed by atoms with E-state index in [9.17, 15) is 4.79 Å². The Hall–Kier alpha value is -0.610. The van der Waals surface area contributed by atoms with Crippen LogP contribution in [0.1, 0.15) is 26.2 Å². The Bertz CT molecular complexity index is 140. The van der Waals surface area contributed by atoms with Crippen molar-refractivity contribution in [3.05, 3.63) is 0 Å². The summed E-state index contributed by atoms with van der Waals surface area (Å²) in [6.45, 7) is 3.17. The molecule has 1 atom stereocenters. The number of rotatable bonds is 7. The van der Waals surface area contributed by atoms with Gasteiger partial charge in [-0.2, -0.15) is 0 Å². The molecule has 0 aliphatic carbocycles. The van der Waals surface area contributed by atoms with Crippen molar-refractivity contribution in [2.45, 2.75) is 32.2 Å². The summed E-state index contributed by atoms with van der Waals surface area (Å²) in [6.07, 6.45) is 2.34. The van der Waals surface area contributed by atoms with Crippen LogP contribution in [0.15, 0.2) is 0 Å². The summed E-state index contributed by atoms with van der Waals surface area (Å²) in [4.78, 5) is 11.2. The van der Waals surface area contributed by atoms with Crippen molar-refractivity contribution in [3.8, 4) is 0 Å². The molecule has 0 radical (unpaired) electrons. The minimum absolute atomic E-state index is 0.00690. The lowest BCUT2D eigenvalue weighted by Gasteiger charge is -2.09. The maximum absolute atomic E-state index is 11.2. The smallest absolute Gasteiger partial charge is 0.221 e. The van der Waals surface area contributed by atoms with Gasteiger partial charge in [0.05, 0.1) is 6.61 Å². The van der Waals surface area contributed by atoms with Crippen LogP contribution in [0, 0.1) is 0 Å². The average molecular weight is 188 g/mol. The lowest BCUT2D eigenvalue weighted by molar-refractivity contribution is -0.121. The monoisotopic (exact) mass is 188 g/mol. The van der Waals surface area contributed by atoms with Gasteiger partial charge in [-0.1, -0.05) is 13.3 Å². The molecule has 0 saturated carbocycles. The minimum Gasteiger partial charge on any atom is -0.383 e. The van der Waals surface area contributed by atoms with Gasteiger partial charge in [0, 0.05) is 26.1 Å². The summed E-state index contributed by atoms with van der Waals surface area (Å²) < 4.78 is 4.80. The minimum atomic E-state index is -0.00690. The molecule has 4 nitrogen and oxygen atoms in total. The number of carbonyl (C=O) groups is 1. The van der Waals surface area contributed by atoms with Gasteiger partial charge in [-0.05, 0) is 6.42 Å². The Balaban J connectivity index is 3.38. The molecule has 0 aliphatic heterocycles. The molecule has 0 spiro atoms. The van der Waals surface area contributed by atoms with Crippen molar-refractivity contribution in [2.75, 3.05) is 20.3 Å². The van der Waals surface area contributed by atoms with E-state index in [1.165, 1.54) is 0 Å². The van der Waals surface area contributed by atoms with Gasteiger partial charge >= 0.3 is 0 Å². The molecule has 0 rings (SSSR count). The number of nitrogens with two attached hydrogens (primary N) is 1. The van der Waals surface area contributed by atoms with E-state index in [-0.39, 0.29) is 11.9 Å². The highest BCUT2D eigenvalue weighted by molar-refractivity contribution is 5.76. The Morgan fingerprint density at radius 2 is 2.31 bits per heavy atom. The van der Waals surface area contributed by atoms with Crippen LogP contribution in [-0.2, 0) is 9.53 Å². The second kappa shape index (κ2) is 8.01. The number of ether oxygens (including phenoxy) is 1. The molecule has 78 valence electrons. The molecule has 0 aliphatic rings. The second-order valence-electron chi connectivity index (χ2n) is 3.10. The summed E-state index contributed by atoms with van der Waals surface area (Å²) in [7, 11) is 1.61. The van der Waals surface area contributed by atoms with Crippen LogP contribution in [0.5, 0.6) is 0 Å². The van der Waals surface area contributed by atoms with Gasteiger partial charge in [0.2, 0.25) is 5.91 Å². The van der Waals surface area contributed by atoms with E-state index < -0.39 is 0 Å². The van der Waals surface area contributed by atoms with Gasteiger partial charge in [-0.15, -0.1) is 0 Å². The van der Waals surface area contributed by atoms with E-state index in [0.717, 1.165) is 12.8 Å². The zero-order valence-electron chi connectivity index (χ0n) is 8.51. The molecule has 0 saturated heterocycles. The largest absolute Gasteiger partial charge is 0.383 e. The maximum atomic E-state index is 11.2. The van der Waals surface area contributed by atoms with Crippen LogP contribution >= 0.6 is 0 Å². The Labute approximate surface area is 79.8 Å². The van der Waals surface area contributed by atoms with E-state index in [1.54, 1.807) is 7.11 Å². The van der Waals surface area contributed by atoms with Crippen LogP contribution in [0.2, 0.25) is 0 Å². The second-order valence-corrected chi connectivity index (χ2v) is 3.10. The highest BCUT2D eigenvalue weighted by atomic mass is 16.5. The first-order chi connectivity index (χ1) is 6.20. The summed E-state index contributed by atoms with van der Waals surface area (Å²) >= 11 is 0. The van der Waals surface area contributed by atoms with Crippen LogP contribution in [0.3, 0.4) is 0 Å². The molecule has 13 heavy (non-hydrogen) atoms. The quantitative estimate of drug-likeness (QED) is 0.563. The third kappa shape index (κ3) is 7.74. The topological polar surface area (TPSA) is 64.4 Å². The van der Waals surface area contributed by atoms with Crippen LogP contribution in [-0.4, -0.2) is 32.2 Å². The zero-order valence-corrected chi connectivity index (χ0v) is 8.51. The van der Waals surface area contributed by atoms with Crippen molar-refractivity contribution in [3.63, 3.8) is 0 Å². The number of nitrogens with one attached hydrogen (secondary N) is 1. The van der Waals surface area contributed by atoms with Crippen molar-refractivity contribution < 1.29 is 9.53 Å². The molecule has 4 heteroatoms. The number of hydrogen-bond donors (Lipinski definition) is 2. The van der Waals surface area contributed by atoms with Crippen molar-refractivity contribution in [1.29, 1.82) is 0 Å². The van der Waals surface area contributed by atoms with Crippen LogP contribution in [0.25, 0.3) is 0 Å². The molecule has 3 N–H and O–H groups in total. The molecule has 1 unspecified atom stereocenters. The van der Waals surface area contributed by atoms with Gasteiger partial charge in [0.15, 0.2) is 0 Å². The third-order valence-electron chi connectivity index (χ3n) is 1.74. The van der Waals surface area contributed by atoms with Crippen molar-refractivity contribution in [2.24, 2.45) is 5.73 Å². The van der Waals surface area contributed by atoms with E-state index in [2.05, 4.69) is 12.2 Å². The predicted molar refractivity (Wildman–Crippen MR) is 52.4 cm³/mol. The number of amides is 1.